The van der Waals surface area contributed by atoms with E-state index in [0.717, 1.165) is 29.4 Å². The van der Waals surface area contributed by atoms with Gasteiger partial charge in [-0.05, 0) is 30.5 Å². The predicted molar refractivity (Wildman–Crippen MR) is 133 cm³/mol. The average Bonchev–Trinajstić information content (AvgIpc) is 3.20. The van der Waals surface area contributed by atoms with Gasteiger partial charge in [-0.2, -0.15) is 0 Å². The highest BCUT2D eigenvalue weighted by Crippen LogP contribution is 2.26. The van der Waals surface area contributed by atoms with E-state index in [1.807, 2.05) is 78.2 Å². The van der Waals surface area contributed by atoms with Crippen LogP contribution in [0.15, 0.2) is 59.8 Å². The monoisotopic (exact) mass is 464 g/mol. The molecule has 0 saturated heterocycles. The highest BCUT2D eigenvalue weighted by Gasteiger charge is 2.24. The van der Waals surface area contributed by atoms with Crippen LogP contribution in [-0.4, -0.2) is 57.1 Å². The second-order valence-corrected chi connectivity index (χ2v) is 9.73. The second-order valence-electron chi connectivity index (χ2n) is 8.79. The number of nitrogens with zero attached hydrogens (tertiary/aromatic N) is 4. The first-order valence-corrected chi connectivity index (χ1v) is 12.6. The molecular formula is C26H32N4O2S. The van der Waals surface area contributed by atoms with Crippen LogP contribution in [-0.2, 0) is 22.7 Å². The fourth-order valence-corrected chi connectivity index (χ4v) is 5.37. The number of carbonyl (C=O) groups excluding carboxylic acids is 2. The van der Waals surface area contributed by atoms with Gasteiger partial charge < -0.3 is 14.4 Å². The van der Waals surface area contributed by atoms with E-state index >= 15 is 0 Å². The SMILES string of the molecule is CN(Cc1ccccc1)C(=O)CSc1nc2ccccc2n1CC(=O)N(C)C1CCCCC1. The van der Waals surface area contributed by atoms with Gasteiger partial charge >= 0.3 is 0 Å². The lowest BCUT2D eigenvalue weighted by atomic mass is 9.94. The van der Waals surface area contributed by atoms with Crippen molar-refractivity contribution >= 4 is 34.6 Å². The summed E-state index contributed by atoms with van der Waals surface area (Å²) < 4.78 is 1.96. The number of aromatic nitrogens is 2. The largest absolute Gasteiger partial charge is 0.341 e. The van der Waals surface area contributed by atoms with Crippen LogP contribution in [0.2, 0.25) is 0 Å². The van der Waals surface area contributed by atoms with Crippen molar-refractivity contribution in [2.45, 2.75) is 56.4 Å². The molecule has 0 spiro atoms. The van der Waals surface area contributed by atoms with Gasteiger partial charge in [0.1, 0.15) is 6.54 Å². The Kier molecular flexibility index (Phi) is 7.70. The molecule has 0 radical (unpaired) electrons. The van der Waals surface area contributed by atoms with Gasteiger partial charge in [0.25, 0.3) is 0 Å². The number of thioether (sulfide) groups is 1. The highest BCUT2D eigenvalue weighted by molar-refractivity contribution is 7.99. The maximum absolute atomic E-state index is 13.1. The van der Waals surface area contributed by atoms with Crippen molar-refractivity contribution in [2.75, 3.05) is 19.8 Å². The number of rotatable bonds is 8. The van der Waals surface area contributed by atoms with E-state index in [9.17, 15) is 9.59 Å². The molecular weight excluding hydrogens is 432 g/mol. The molecule has 1 saturated carbocycles. The van der Waals surface area contributed by atoms with Crippen LogP contribution in [0.3, 0.4) is 0 Å². The lowest BCUT2D eigenvalue weighted by Gasteiger charge is -2.31. The molecule has 1 heterocycles. The standard InChI is InChI=1S/C26H32N4O2S/c1-28(17-20-11-5-3-6-12-20)25(32)19-33-26-27-22-15-9-10-16-23(22)30(26)18-24(31)29(2)21-13-7-4-8-14-21/h3,5-6,9-12,15-16,21H,4,7-8,13-14,17-19H2,1-2H3. The van der Waals surface area contributed by atoms with Crippen molar-refractivity contribution in [1.82, 2.24) is 19.4 Å². The molecule has 1 aromatic heterocycles. The van der Waals surface area contributed by atoms with E-state index in [1.54, 1.807) is 4.90 Å². The van der Waals surface area contributed by atoms with Crippen molar-refractivity contribution in [2.24, 2.45) is 0 Å². The Morgan fingerprint density at radius 2 is 1.67 bits per heavy atom. The van der Waals surface area contributed by atoms with Crippen LogP contribution in [0.5, 0.6) is 0 Å². The molecule has 0 N–H and O–H groups in total. The zero-order valence-corrected chi connectivity index (χ0v) is 20.3. The predicted octanol–water partition coefficient (Wildman–Crippen LogP) is 4.58. The minimum absolute atomic E-state index is 0.0353. The van der Waals surface area contributed by atoms with Gasteiger partial charge in [0, 0.05) is 26.7 Å². The first-order chi connectivity index (χ1) is 16.0. The molecule has 2 aromatic carbocycles. The first-order valence-electron chi connectivity index (χ1n) is 11.6. The Labute approximate surface area is 200 Å². The molecule has 4 rings (SSSR count). The maximum atomic E-state index is 13.1. The summed E-state index contributed by atoms with van der Waals surface area (Å²) in [4.78, 5) is 34.3. The third-order valence-electron chi connectivity index (χ3n) is 6.44. The number of imidazole rings is 1. The molecule has 2 amide bonds. The Morgan fingerprint density at radius 1 is 0.970 bits per heavy atom. The number of para-hydroxylation sites is 2. The third-order valence-corrected chi connectivity index (χ3v) is 7.40. The fourth-order valence-electron chi connectivity index (χ4n) is 4.42. The molecule has 0 aliphatic heterocycles. The van der Waals surface area contributed by atoms with Crippen molar-refractivity contribution in [3.8, 4) is 0 Å². The van der Waals surface area contributed by atoms with Crippen molar-refractivity contribution in [3.05, 3.63) is 60.2 Å². The minimum Gasteiger partial charge on any atom is -0.341 e. The second kappa shape index (κ2) is 10.9. The molecule has 174 valence electrons. The Hall–Kier alpha value is -2.80. The van der Waals surface area contributed by atoms with Gasteiger partial charge in [0.05, 0.1) is 16.8 Å². The summed E-state index contributed by atoms with van der Waals surface area (Å²) in [5.74, 6) is 0.409. The number of hydrogen-bond donors (Lipinski definition) is 0. The van der Waals surface area contributed by atoms with Gasteiger partial charge in [0.2, 0.25) is 11.8 Å². The molecule has 6 nitrogen and oxygen atoms in total. The number of carbonyl (C=O) groups is 2. The smallest absolute Gasteiger partial charge is 0.242 e. The highest BCUT2D eigenvalue weighted by atomic mass is 32.2. The quantitative estimate of drug-likeness (QED) is 0.458. The van der Waals surface area contributed by atoms with Gasteiger partial charge in [-0.25, -0.2) is 4.98 Å². The lowest BCUT2D eigenvalue weighted by Crippen LogP contribution is -2.40. The summed E-state index contributed by atoms with van der Waals surface area (Å²) in [5, 5.41) is 0.711. The topological polar surface area (TPSA) is 58.4 Å². The zero-order chi connectivity index (χ0) is 23.2. The molecule has 3 aromatic rings. The van der Waals surface area contributed by atoms with E-state index < -0.39 is 0 Å². The summed E-state index contributed by atoms with van der Waals surface area (Å²) in [6, 6.07) is 18.1. The van der Waals surface area contributed by atoms with E-state index in [-0.39, 0.29) is 24.1 Å². The van der Waals surface area contributed by atoms with Crippen LogP contribution in [0.1, 0.15) is 37.7 Å². The molecule has 7 heteroatoms. The number of likely N-dealkylation sites (N-methyl/N-ethyl adjacent to an activating group) is 1. The normalized spacial score (nSPS) is 14.4. The molecule has 1 aliphatic carbocycles. The summed E-state index contributed by atoms with van der Waals surface area (Å²) >= 11 is 1.40. The van der Waals surface area contributed by atoms with E-state index in [0.29, 0.717) is 17.7 Å². The van der Waals surface area contributed by atoms with Gasteiger partial charge in [-0.1, -0.05) is 73.5 Å². The fraction of sp³-hybridized carbons (Fsp3) is 0.423. The molecule has 1 aliphatic rings. The van der Waals surface area contributed by atoms with E-state index in [2.05, 4.69) is 0 Å². The molecule has 0 atom stereocenters. The van der Waals surface area contributed by atoms with Gasteiger partial charge in [-0.3, -0.25) is 9.59 Å². The van der Waals surface area contributed by atoms with E-state index in [1.165, 1.54) is 31.0 Å². The Bertz CT molecular complexity index is 1090. The van der Waals surface area contributed by atoms with Crippen LogP contribution < -0.4 is 0 Å². The minimum atomic E-state index is 0.0353. The zero-order valence-electron chi connectivity index (χ0n) is 19.4. The Balaban J connectivity index is 1.45. The Morgan fingerprint density at radius 3 is 2.42 bits per heavy atom. The summed E-state index contributed by atoms with van der Waals surface area (Å²) in [6.07, 6.45) is 5.80. The summed E-state index contributed by atoms with van der Waals surface area (Å²) in [5.41, 5.74) is 2.87. The number of fused-ring (bicyclic) bond motifs is 1. The molecule has 1 fully saturated rings. The van der Waals surface area contributed by atoms with Gasteiger partial charge in [0.15, 0.2) is 5.16 Å². The molecule has 0 bridgehead atoms. The lowest BCUT2D eigenvalue weighted by molar-refractivity contribution is -0.133. The van der Waals surface area contributed by atoms with Crippen LogP contribution in [0.25, 0.3) is 11.0 Å². The third kappa shape index (κ3) is 5.77. The van der Waals surface area contributed by atoms with Crippen molar-refractivity contribution < 1.29 is 9.59 Å². The number of hydrogen-bond acceptors (Lipinski definition) is 4. The maximum Gasteiger partial charge on any atom is 0.242 e. The summed E-state index contributed by atoms with van der Waals surface area (Å²) in [6.45, 7) is 0.811. The number of benzene rings is 2. The number of amides is 2. The van der Waals surface area contributed by atoms with Crippen molar-refractivity contribution in [1.29, 1.82) is 0 Å². The first kappa shape index (κ1) is 23.4. The van der Waals surface area contributed by atoms with Crippen molar-refractivity contribution in [3.63, 3.8) is 0 Å². The van der Waals surface area contributed by atoms with Gasteiger partial charge in [-0.15, -0.1) is 0 Å². The average molecular weight is 465 g/mol. The molecule has 33 heavy (non-hydrogen) atoms. The van der Waals surface area contributed by atoms with Crippen LogP contribution in [0.4, 0.5) is 0 Å². The van der Waals surface area contributed by atoms with E-state index in [4.69, 9.17) is 4.98 Å². The molecule has 0 unspecified atom stereocenters. The summed E-state index contributed by atoms with van der Waals surface area (Å²) in [7, 11) is 3.74. The van der Waals surface area contributed by atoms with Crippen LogP contribution >= 0.6 is 11.8 Å². The van der Waals surface area contributed by atoms with Crippen LogP contribution in [0, 0.1) is 0 Å².